The molecule has 17 heteroatoms. The first kappa shape index (κ1) is 43.8. The summed E-state index contributed by atoms with van der Waals surface area (Å²) in [5.74, 6) is -0.00618. The van der Waals surface area contributed by atoms with Crippen molar-refractivity contribution >= 4 is 10.4 Å². The molecule has 8 fully saturated rings. The average molecular weight is 847 g/mol. The molecular formula is C41H66O16S. The van der Waals surface area contributed by atoms with Crippen molar-refractivity contribution in [2.24, 2.45) is 51.2 Å². The van der Waals surface area contributed by atoms with E-state index in [0.29, 0.717) is 31.5 Å². The number of ether oxygens (including phenoxy) is 6. The highest BCUT2D eigenvalue weighted by atomic mass is 32.3. The zero-order valence-electron chi connectivity index (χ0n) is 34.7. The van der Waals surface area contributed by atoms with Crippen LogP contribution in [-0.4, -0.2) is 143 Å². The molecule has 4 heterocycles. The fraction of sp³-hybridized carbons (Fsp3) is 0.951. The molecule has 8 aliphatic rings. The largest absolute Gasteiger partial charge is 0.397 e. The van der Waals surface area contributed by atoms with Crippen LogP contribution in [0.4, 0.5) is 0 Å². The number of aliphatic hydroxyl groups is 6. The van der Waals surface area contributed by atoms with Gasteiger partial charge in [0.05, 0.1) is 38.1 Å². The number of rotatable bonds is 8. The van der Waals surface area contributed by atoms with E-state index >= 15 is 0 Å². The Morgan fingerprint density at radius 1 is 0.828 bits per heavy atom. The van der Waals surface area contributed by atoms with Gasteiger partial charge in [0.15, 0.2) is 18.4 Å². The molecule has 20 atom stereocenters. The van der Waals surface area contributed by atoms with E-state index in [0.717, 1.165) is 38.5 Å². The van der Waals surface area contributed by atoms with E-state index in [-0.39, 0.29) is 52.1 Å². The van der Waals surface area contributed by atoms with Gasteiger partial charge < -0.3 is 59.1 Å². The predicted molar refractivity (Wildman–Crippen MR) is 203 cm³/mol. The first-order valence-electron chi connectivity index (χ1n) is 21.2. The molecular weight excluding hydrogens is 781 g/mol. The van der Waals surface area contributed by atoms with Gasteiger partial charge in [-0.1, -0.05) is 39.3 Å². The highest BCUT2D eigenvalue weighted by Gasteiger charge is 2.81. The Bertz CT molecular complexity index is 1700. The summed E-state index contributed by atoms with van der Waals surface area (Å²) in [6.07, 6.45) is -6.20. The molecule has 0 aromatic carbocycles. The molecule has 4 aliphatic heterocycles. The van der Waals surface area contributed by atoms with Gasteiger partial charge in [-0.3, -0.25) is 4.55 Å². The van der Waals surface area contributed by atoms with Crippen LogP contribution in [0.1, 0.15) is 93.4 Å². The topological polar surface area (TPSA) is 240 Å². The van der Waals surface area contributed by atoms with E-state index in [1.165, 1.54) is 5.57 Å². The van der Waals surface area contributed by atoms with Gasteiger partial charge in [-0.05, 0) is 93.3 Å². The van der Waals surface area contributed by atoms with E-state index in [1.54, 1.807) is 0 Å². The minimum atomic E-state index is -4.92. The molecule has 0 radical (unpaired) electrons. The van der Waals surface area contributed by atoms with Crippen LogP contribution in [0, 0.1) is 51.2 Å². The van der Waals surface area contributed by atoms with Gasteiger partial charge >= 0.3 is 10.4 Å². The Labute approximate surface area is 341 Å². The third-order valence-electron chi connectivity index (χ3n) is 17.1. The van der Waals surface area contributed by atoms with Gasteiger partial charge in [0.1, 0.15) is 42.7 Å². The molecule has 0 aromatic rings. The summed E-state index contributed by atoms with van der Waals surface area (Å²) >= 11 is 0. The van der Waals surface area contributed by atoms with Crippen LogP contribution in [0.5, 0.6) is 0 Å². The van der Waals surface area contributed by atoms with Crippen LogP contribution in [0.3, 0.4) is 0 Å². The summed E-state index contributed by atoms with van der Waals surface area (Å²) in [6, 6.07) is 0. The monoisotopic (exact) mass is 846 g/mol. The lowest BCUT2D eigenvalue weighted by Gasteiger charge is -2.70. The Hall–Kier alpha value is -0.870. The standard InChI is InChI=1S/C41H66O16S/c1-20(2)14-21-15-52-41-18-40(19-53-41)22(33(41)39(21,7)47)8-9-26-37(5)12-11-27(36(3,4)25(37)10-13-38(26,40)6)56-34-31(46)32(23(42)16-51-34)57-35-30(45)29(44)28(43)24(55-35)17-54-58(48,49)50/h14,21-35,42-47H,8-13,15-19H2,1-7H3,(H,48,49,50)/t21-,22-,23+,24-,25+,26-,27+,28-,29+,30-,31-,32+,33+,34+,35+,37+,38-,39+,40+,41-/m1/s1. The van der Waals surface area contributed by atoms with E-state index < -0.39 is 83.7 Å². The third kappa shape index (κ3) is 6.54. The molecule has 0 amide bonds. The molecule has 4 saturated carbocycles. The fourth-order valence-corrected chi connectivity index (χ4v) is 14.7. The summed E-state index contributed by atoms with van der Waals surface area (Å²) < 4.78 is 72.9. The lowest BCUT2D eigenvalue weighted by Crippen LogP contribution is -2.68. The van der Waals surface area contributed by atoms with Crippen LogP contribution >= 0.6 is 0 Å². The zero-order valence-corrected chi connectivity index (χ0v) is 35.5. The van der Waals surface area contributed by atoms with E-state index in [2.05, 4.69) is 51.8 Å². The lowest BCUT2D eigenvalue weighted by molar-refractivity contribution is -0.357. The summed E-state index contributed by atoms with van der Waals surface area (Å²) in [7, 11) is -4.92. The normalized spacial score (nSPS) is 54.8. The molecule has 2 spiro atoms. The number of hydrogen-bond acceptors (Lipinski definition) is 15. The van der Waals surface area contributed by atoms with Crippen molar-refractivity contribution in [1.29, 1.82) is 0 Å². The summed E-state index contributed by atoms with van der Waals surface area (Å²) in [6.45, 7) is 15.4. The smallest absolute Gasteiger partial charge is 0.389 e. The molecule has 58 heavy (non-hydrogen) atoms. The molecule has 16 nitrogen and oxygen atoms in total. The van der Waals surface area contributed by atoms with Crippen LogP contribution in [-0.2, 0) is 43.0 Å². The molecule has 4 aliphatic carbocycles. The van der Waals surface area contributed by atoms with Crippen molar-refractivity contribution in [3.63, 3.8) is 0 Å². The number of aliphatic hydroxyl groups excluding tert-OH is 5. The van der Waals surface area contributed by atoms with Crippen molar-refractivity contribution in [2.75, 3.05) is 26.4 Å². The first-order valence-corrected chi connectivity index (χ1v) is 22.5. The summed E-state index contributed by atoms with van der Waals surface area (Å²) in [4.78, 5) is 0. The second-order valence-corrected chi connectivity index (χ2v) is 21.7. The third-order valence-corrected chi connectivity index (χ3v) is 17.5. The zero-order chi connectivity index (χ0) is 42.2. The molecule has 0 unspecified atom stereocenters. The summed E-state index contributed by atoms with van der Waals surface area (Å²) in [5.41, 5.74) is -0.319. The Balaban J connectivity index is 0.973. The number of hydrogen-bond donors (Lipinski definition) is 7. The number of fused-ring (bicyclic) bond motifs is 4. The molecule has 2 bridgehead atoms. The highest BCUT2D eigenvalue weighted by Crippen LogP contribution is 2.80. The quantitative estimate of drug-likeness (QED) is 0.105. The van der Waals surface area contributed by atoms with Gasteiger partial charge in [0, 0.05) is 23.7 Å². The van der Waals surface area contributed by atoms with Gasteiger partial charge in [-0.2, -0.15) is 8.42 Å². The van der Waals surface area contributed by atoms with Crippen LogP contribution in [0.2, 0.25) is 0 Å². The molecule has 0 aromatic heterocycles. The van der Waals surface area contributed by atoms with Gasteiger partial charge in [-0.25, -0.2) is 4.18 Å². The van der Waals surface area contributed by atoms with Crippen LogP contribution in [0.15, 0.2) is 11.6 Å². The highest BCUT2D eigenvalue weighted by molar-refractivity contribution is 7.80. The molecule has 7 N–H and O–H groups in total. The number of allylic oxidation sites excluding steroid dienone is 1. The van der Waals surface area contributed by atoms with Crippen LogP contribution in [0.25, 0.3) is 0 Å². The summed E-state index contributed by atoms with van der Waals surface area (Å²) in [5, 5.41) is 66.2. The Morgan fingerprint density at radius 3 is 2.24 bits per heavy atom. The average Bonchev–Trinajstić information content (AvgIpc) is 3.66. The van der Waals surface area contributed by atoms with E-state index in [4.69, 9.17) is 33.0 Å². The lowest BCUT2D eigenvalue weighted by atomic mass is 9.35. The van der Waals surface area contributed by atoms with Crippen molar-refractivity contribution in [1.82, 2.24) is 0 Å². The van der Waals surface area contributed by atoms with E-state index in [9.17, 15) is 39.1 Å². The SMILES string of the molecule is CC(C)=C[C@@H]1CO[C@]23C[C@]4(CO2)[C@H](CC[C@@H]2[C@@]5(C)CC[C@H](O[C@@H]6OC[C@H](O)[C@H](O[C@@H]7O[C@H](COS(=O)(=O)O)[C@@H](O)[C@H](O)[C@H]7O)[C@H]6O)C(C)(C)[C@@H]5CC[C@]24C)[C@H]3[C@@]1(C)O. The maximum Gasteiger partial charge on any atom is 0.397 e. The van der Waals surface area contributed by atoms with Crippen molar-refractivity contribution in [3.05, 3.63) is 11.6 Å². The van der Waals surface area contributed by atoms with Crippen molar-refractivity contribution in [2.45, 2.75) is 166 Å². The second-order valence-electron chi connectivity index (χ2n) is 20.6. The van der Waals surface area contributed by atoms with Gasteiger partial charge in [0.2, 0.25) is 0 Å². The Morgan fingerprint density at radius 2 is 1.55 bits per heavy atom. The predicted octanol–water partition coefficient (Wildman–Crippen LogP) is 1.83. The Kier molecular flexibility index (Phi) is 11.0. The van der Waals surface area contributed by atoms with E-state index in [1.807, 2.05) is 6.92 Å². The van der Waals surface area contributed by atoms with Gasteiger partial charge in [-0.15, -0.1) is 0 Å². The molecule has 332 valence electrons. The van der Waals surface area contributed by atoms with Crippen molar-refractivity contribution in [3.8, 4) is 0 Å². The van der Waals surface area contributed by atoms with Crippen LogP contribution < -0.4 is 0 Å². The molecule has 4 saturated heterocycles. The maximum atomic E-state index is 12.3. The minimum absolute atomic E-state index is 0.0308. The minimum Gasteiger partial charge on any atom is -0.389 e. The van der Waals surface area contributed by atoms with Crippen molar-refractivity contribution < 1.29 is 76.2 Å². The molecule has 8 rings (SSSR count). The first-order chi connectivity index (χ1) is 26.9. The second kappa shape index (κ2) is 14.6. The van der Waals surface area contributed by atoms with Gasteiger partial charge in [0.25, 0.3) is 0 Å². The fourth-order valence-electron chi connectivity index (χ4n) is 14.4. The maximum absolute atomic E-state index is 12.3.